The molecule has 166 valence electrons. The van der Waals surface area contributed by atoms with E-state index in [4.69, 9.17) is 5.73 Å². The molecule has 11 heteroatoms. The van der Waals surface area contributed by atoms with Crippen molar-refractivity contribution in [3.63, 3.8) is 0 Å². The van der Waals surface area contributed by atoms with Gasteiger partial charge in [0.05, 0.1) is 16.7 Å². The minimum absolute atomic E-state index is 0.0641. The normalized spacial score (nSPS) is 11.3. The van der Waals surface area contributed by atoms with Crippen LogP contribution in [0.4, 0.5) is 17.6 Å². The van der Waals surface area contributed by atoms with E-state index in [1.165, 1.54) is 11.8 Å². The Hall–Kier alpha value is -3.99. The molecule has 0 aliphatic carbocycles. The lowest BCUT2D eigenvalue weighted by molar-refractivity contribution is 0.662. The molecule has 0 aliphatic heterocycles. The van der Waals surface area contributed by atoms with Crippen molar-refractivity contribution in [2.75, 3.05) is 11.1 Å². The number of benzene rings is 2. The number of thioether (sulfide) groups is 1. The molecule has 0 bridgehead atoms. The molecule has 0 atom stereocenters. The van der Waals surface area contributed by atoms with Crippen molar-refractivity contribution in [1.82, 2.24) is 34.1 Å². The minimum Gasteiger partial charge on any atom is -0.368 e. The second-order valence-electron chi connectivity index (χ2n) is 7.31. The summed E-state index contributed by atoms with van der Waals surface area (Å²) in [5, 5.41) is 13.1. The third-order valence-corrected chi connectivity index (χ3v) is 5.91. The first-order valence-corrected chi connectivity index (χ1v) is 11.4. The molecule has 0 unspecified atom stereocenters. The Labute approximate surface area is 192 Å². The number of nitrogens with one attached hydrogen (secondary N) is 1. The van der Waals surface area contributed by atoms with Crippen LogP contribution < -0.4 is 16.6 Å². The standard InChI is InChI=1S/C22H21N9OS/c1-2-12-30-18(32)15-10-6-7-11-16(15)31-21(30)28-29-22(31)33-13-17-25-19(23)27-20(26-17)24-14-8-4-3-5-9-14/h3-11H,2,12-13H2,1H3,(H3,23,24,25,26,27). The highest BCUT2D eigenvalue weighted by molar-refractivity contribution is 7.98. The number of hydrogen-bond donors (Lipinski definition) is 2. The van der Waals surface area contributed by atoms with Gasteiger partial charge in [-0.15, -0.1) is 10.2 Å². The molecule has 0 saturated carbocycles. The predicted molar refractivity (Wildman–Crippen MR) is 129 cm³/mol. The van der Waals surface area contributed by atoms with Gasteiger partial charge in [0.2, 0.25) is 17.7 Å². The molecule has 3 heterocycles. The van der Waals surface area contributed by atoms with Crippen LogP contribution in [0.3, 0.4) is 0 Å². The minimum atomic E-state index is -0.0641. The highest BCUT2D eigenvalue weighted by atomic mass is 32.2. The molecule has 0 amide bonds. The molecular formula is C22H21N9OS. The Balaban J connectivity index is 1.49. The maximum atomic E-state index is 13.0. The summed E-state index contributed by atoms with van der Waals surface area (Å²) in [7, 11) is 0. The fourth-order valence-corrected chi connectivity index (χ4v) is 4.39. The third kappa shape index (κ3) is 4.10. The molecule has 5 aromatic rings. The average Bonchev–Trinajstić information content (AvgIpc) is 3.25. The summed E-state index contributed by atoms with van der Waals surface area (Å²) < 4.78 is 3.58. The predicted octanol–water partition coefficient (Wildman–Crippen LogP) is 3.26. The zero-order chi connectivity index (χ0) is 22.8. The van der Waals surface area contributed by atoms with Gasteiger partial charge in [0.25, 0.3) is 5.56 Å². The maximum absolute atomic E-state index is 13.0. The average molecular weight is 460 g/mol. The van der Waals surface area contributed by atoms with Crippen LogP contribution in [0.25, 0.3) is 16.7 Å². The highest BCUT2D eigenvalue weighted by Crippen LogP contribution is 2.24. The monoisotopic (exact) mass is 459 g/mol. The number of rotatable bonds is 7. The third-order valence-electron chi connectivity index (χ3n) is 4.98. The van der Waals surface area contributed by atoms with Gasteiger partial charge < -0.3 is 11.1 Å². The summed E-state index contributed by atoms with van der Waals surface area (Å²) in [5.74, 6) is 1.93. The van der Waals surface area contributed by atoms with Gasteiger partial charge >= 0.3 is 0 Å². The lowest BCUT2D eigenvalue weighted by atomic mass is 10.2. The van der Waals surface area contributed by atoms with E-state index >= 15 is 0 Å². The summed E-state index contributed by atoms with van der Waals surface area (Å²) in [4.78, 5) is 25.9. The number of hydrogen-bond acceptors (Lipinski definition) is 9. The first-order chi connectivity index (χ1) is 16.1. The van der Waals surface area contributed by atoms with Crippen LogP contribution in [-0.4, -0.2) is 34.1 Å². The Morgan fingerprint density at radius 2 is 1.79 bits per heavy atom. The summed E-state index contributed by atoms with van der Waals surface area (Å²) in [6.07, 6.45) is 0.810. The first-order valence-electron chi connectivity index (χ1n) is 10.5. The Kier molecular flexibility index (Phi) is 5.61. The number of fused-ring (bicyclic) bond motifs is 3. The van der Waals surface area contributed by atoms with Crippen molar-refractivity contribution in [2.45, 2.75) is 30.8 Å². The van der Waals surface area contributed by atoms with Crippen LogP contribution >= 0.6 is 11.8 Å². The van der Waals surface area contributed by atoms with E-state index in [1.54, 1.807) is 4.57 Å². The molecule has 0 spiro atoms. The van der Waals surface area contributed by atoms with Gasteiger partial charge in [-0.25, -0.2) is 0 Å². The summed E-state index contributed by atoms with van der Waals surface area (Å²) >= 11 is 1.42. The Morgan fingerprint density at radius 1 is 1.00 bits per heavy atom. The molecule has 2 aromatic carbocycles. The van der Waals surface area contributed by atoms with Crippen LogP contribution in [0.2, 0.25) is 0 Å². The Bertz CT molecular complexity index is 1500. The van der Waals surface area contributed by atoms with Crippen LogP contribution in [-0.2, 0) is 12.3 Å². The number of aryl methyl sites for hydroxylation is 1. The van der Waals surface area contributed by atoms with Gasteiger partial charge in [-0.1, -0.05) is 49.0 Å². The molecule has 3 aromatic heterocycles. The zero-order valence-electron chi connectivity index (χ0n) is 17.8. The maximum Gasteiger partial charge on any atom is 0.262 e. The van der Waals surface area contributed by atoms with E-state index in [-0.39, 0.29) is 11.5 Å². The van der Waals surface area contributed by atoms with E-state index in [0.717, 1.165) is 17.6 Å². The molecule has 0 radical (unpaired) electrons. The lowest BCUT2D eigenvalue weighted by Crippen LogP contribution is -2.23. The number of nitrogens with two attached hydrogens (primary N) is 1. The van der Waals surface area contributed by atoms with Gasteiger partial charge in [-0.05, 0) is 30.7 Å². The van der Waals surface area contributed by atoms with E-state index in [9.17, 15) is 4.79 Å². The van der Waals surface area contributed by atoms with Crippen molar-refractivity contribution in [1.29, 1.82) is 0 Å². The number of nitrogen functional groups attached to an aromatic ring is 1. The van der Waals surface area contributed by atoms with Crippen molar-refractivity contribution in [3.05, 3.63) is 70.8 Å². The van der Waals surface area contributed by atoms with Crippen molar-refractivity contribution >= 4 is 46.0 Å². The molecular weight excluding hydrogens is 438 g/mol. The van der Waals surface area contributed by atoms with E-state index in [1.807, 2.05) is 65.9 Å². The van der Waals surface area contributed by atoms with E-state index < -0.39 is 0 Å². The molecule has 0 saturated heterocycles. The molecule has 33 heavy (non-hydrogen) atoms. The van der Waals surface area contributed by atoms with Gasteiger partial charge in [-0.2, -0.15) is 15.0 Å². The zero-order valence-corrected chi connectivity index (χ0v) is 18.7. The molecule has 3 N–H and O–H groups in total. The second kappa shape index (κ2) is 8.87. The van der Waals surface area contributed by atoms with E-state index in [2.05, 4.69) is 30.5 Å². The van der Waals surface area contributed by atoms with Gasteiger partial charge in [-0.3, -0.25) is 13.8 Å². The van der Waals surface area contributed by atoms with Crippen molar-refractivity contribution in [3.8, 4) is 0 Å². The molecule has 0 fully saturated rings. The quantitative estimate of drug-likeness (QED) is 0.352. The molecule has 10 nitrogen and oxygen atoms in total. The second-order valence-corrected chi connectivity index (χ2v) is 8.25. The lowest BCUT2D eigenvalue weighted by Gasteiger charge is -2.10. The molecule has 5 rings (SSSR count). The smallest absolute Gasteiger partial charge is 0.262 e. The highest BCUT2D eigenvalue weighted by Gasteiger charge is 2.17. The molecule has 0 aliphatic rings. The van der Waals surface area contributed by atoms with E-state index in [0.29, 0.717) is 40.4 Å². The fraction of sp³-hybridized carbons (Fsp3) is 0.182. The largest absolute Gasteiger partial charge is 0.368 e. The number of nitrogens with zero attached hydrogens (tertiary/aromatic N) is 7. The van der Waals surface area contributed by atoms with Gasteiger partial charge in [0.15, 0.2) is 5.16 Å². The summed E-state index contributed by atoms with van der Waals surface area (Å²) in [6.45, 7) is 2.59. The summed E-state index contributed by atoms with van der Waals surface area (Å²) in [6, 6.07) is 17.1. The van der Waals surface area contributed by atoms with Crippen LogP contribution in [0.1, 0.15) is 19.2 Å². The van der Waals surface area contributed by atoms with Crippen LogP contribution in [0, 0.1) is 0 Å². The van der Waals surface area contributed by atoms with Crippen LogP contribution in [0.15, 0.2) is 64.5 Å². The van der Waals surface area contributed by atoms with Crippen LogP contribution in [0.5, 0.6) is 0 Å². The van der Waals surface area contributed by atoms with Crippen molar-refractivity contribution < 1.29 is 0 Å². The van der Waals surface area contributed by atoms with Crippen molar-refractivity contribution in [2.24, 2.45) is 0 Å². The summed E-state index contributed by atoms with van der Waals surface area (Å²) in [5.41, 5.74) is 7.47. The number of aromatic nitrogens is 7. The van der Waals surface area contributed by atoms with Gasteiger partial charge in [0.1, 0.15) is 5.82 Å². The fourth-order valence-electron chi connectivity index (χ4n) is 3.59. The van der Waals surface area contributed by atoms with Gasteiger partial charge in [0, 0.05) is 12.2 Å². The number of para-hydroxylation sites is 2. The SMILES string of the molecule is CCCn1c(=O)c2ccccc2n2c(SCc3nc(N)nc(Nc4ccccc4)n3)nnc12. The topological polar surface area (TPSA) is 129 Å². The number of anilines is 3. The Morgan fingerprint density at radius 3 is 2.61 bits per heavy atom. The first kappa shape index (κ1) is 20.9.